The molecule has 124 valence electrons. The minimum absolute atomic E-state index is 0.210. The molecule has 3 nitrogen and oxygen atoms in total. The highest BCUT2D eigenvalue weighted by Crippen LogP contribution is 2.19. The van der Waals surface area contributed by atoms with Gasteiger partial charge in [0.05, 0.1) is 12.6 Å². The van der Waals surface area contributed by atoms with Gasteiger partial charge in [0.25, 0.3) is 5.91 Å². The number of quaternary nitrogens is 1. The molecule has 1 aromatic carbocycles. The Kier molecular flexibility index (Phi) is 6.81. The zero-order valence-electron chi connectivity index (χ0n) is 14.3. The summed E-state index contributed by atoms with van der Waals surface area (Å²) in [5, 5.41) is 4.24. The van der Waals surface area contributed by atoms with E-state index >= 15 is 0 Å². The summed E-state index contributed by atoms with van der Waals surface area (Å²) in [7, 11) is 0. The van der Waals surface area contributed by atoms with Crippen LogP contribution in [-0.2, 0) is 17.9 Å². The minimum atomic E-state index is 0.210. The number of rotatable bonds is 8. The summed E-state index contributed by atoms with van der Waals surface area (Å²) in [4.78, 5) is 16.0. The number of amides is 1. The van der Waals surface area contributed by atoms with E-state index in [0.29, 0.717) is 25.7 Å². The van der Waals surface area contributed by atoms with Gasteiger partial charge in [-0.05, 0) is 42.8 Å². The van der Waals surface area contributed by atoms with Crippen molar-refractivity contribution in [2.24, 2.45) is 0 Å². The Morgan fingerprint density at radius 1 is 1.22 bits per heavy atom. The molecule has 1 amide bonds. The average Bonchev–Trinajstić information content (AvgIpc) is 2.97. The second kappa shape index (κ2) is 8.85. The standard InChI is InChI=1S/C19H26N2OS/c1-4-16(3)20-12-19(22)21(13-17-8-6-5-7-9-17)14-18-15(2)10-11-23-18/h5-11,16,20H,4,12-14H2,1-3H3/p+1/t16-/m0/s1. The molecule has 0 aliphatic rings. The van der Waals surface area contributed by atoms with Crippen LogP contribution in [0.25, 0.3) is 0 Å². The Hall–Kier alpha value is -1.65. The first kappa shape index (κ1) is 17.7. The predicted molar refractivity (Wildman–Crippen MR) is 96.3 cm³/mol. The molecule has 1 heterocycles. The number of carbonyl (C=O) groups is 1. The molecule has 0 unspecified atom stereocenters. The van der Waals surface area contributed by atoms with E-state index in [4.69, 9.17) is 0 Å². The molecule has 2 rings (SSSR count). The van der Waals surface area contributed by atoms with E-state index in [1.54, 1.807) is 11.3 Å². The van der Waals surface area contributed by atoms with Crippen LogP contribution in [0.4, 0.5) is 0 Å². The Bertz CT molecular complexity index is 609. The largest absolute Gasteiger partial charge is 0.336 e. The lowest BCUT2D eigenvalue weighted by atomic mass is 10.2. The number of hydrogen-bond donors (Lipinski definition) is 1. The first-order chi connectivity index (χ1) is 11.1. The van der Waals surface area contributed by atoms with Gasteiger partial charge in [-0.15, -0.1) is 11.3 Å². The van der Waals surface area contributed by atoms with Crippen molar-refractivity contribution in [2.75, 3.05) is 6.54 Å². The SMILES string of the molecule is CC[C@H](C)[NH2+]CC(=O)N(Cc1ccccc1)Cc1sccc1C. The Balaban J connectivity index is 2.07. The van der Waals surface area contributed by atoms with Gasteiger partial charge in [0.2, 0.25) is 0 Å². The number of nitrogens with two attached hydrogens (primary N) is 1. The van der Waals surface area contributed by atoms with Crippen LogP contribution in [0.15, 0.2) is 41.8 Å². The zero-order valence-corrected chi connectivity index (χ0v) is 15.1. The molecule has 1 aromatic heterocycles. The molecule has 0 aliphatic heterocycles. The predicted octanol–water partition coefficient (Wildman–Crippen LogP) is 2.95. The summed E-state index contributed by atoms with van der Waals surface area (Å²) < 4.78 is 0. The van der Waals surface area contributed by atoms with Gasteiger partial charge in [-0.2, -0.15) is 0 Å². The third kappa shape index (κ3) is 5.48. The number of benzene rings is 1. The van der Waals surface area contributed by atoms with Gasteiger partial charge < -0.3 is 10.2 Å². The smallest absolute Gasteiger partial charge is 0.278 e. The summed E-state index contributed by atoms with van der Waals surface area (Å²) in [6, 6.07) is 12.8. The van der Waals surface area contributed by atoms with Crippen LogP contribution in [0.5, 0.6) is 0 Å². The third-order valence-corrected chi connectivity index (χ3v) is 5.22. The molecule has 2 aromatic rings. The van der Waals surface area contributed by atoms with Crippen molar-refractivity contribution in [3.63, 3.8) is 0 Å². The van der Waals surface area contributed by atoms with Gasteiger partial charge in [0.1, 0.15) is 0 Å². The van der Waals surface area contributed by atoms with Gasteiger partial charge >= 0.3 is 0 Å². The monoisotopic (exact) mass is 331 g/mol. The average molecular weight is 332 g/mol. The van der Waals surface area contributed by atoms with Crippen LogP contribution >= 0.6 is 11.3 Å². The molecule has 1 atom stereocenters. The van der Waals surface area contributed by atoms with Crippen molar-refractivity contribution < 1.29 is 10.1 Å². The lowest BCUT2D eigenvalue weighted by molar-refractivity contribution is -0.676. The van der Waals surface area contributed by atoms with Gasteiger partial charge in [0.15, 0.2) is 6.54 Å². The maximum Gasteiger partial charge on any atom is 0.278 e. The number of aryl methyl sites for hydroxylation is 1. The van der Waals surface area contributed by atoms with Crippen LogP contribution in [0.1, 0.15) is 36.3 Å². The summed E-state index contributed by atoms with van der Waals surface area (Å²) in [5.74, 6) is 0.210. The third-order valence-electron chi connectivity index (χ3n) is 4.21. The molecule has 0 saturated carbocycles. The van der Waals surface area contributed by atoms with Crippen LogP contribution < -0.4 is 5.32 Å². The Labute approximate surface area is 143 Å². The first-order valence-electron chi connectivity index (χ1n) is 8.28. The quantitative estimate of drug-likeness (QED) is 0.793. The summed E-state index contributed by atoms with van der Waals surface area (Å²) in [6.07, 6.45) is 1.08. The second-order valence-electron chi connectivity index (χ2n) is 6.09. The van der Waals surface area contributed by atoms with Crippen molar-refractivity contribution in [3.05, 3.63) is 57.8 Å². The minimum Gasteiger partial charge on any atom is -0.336 e. The highest BCUT2D eigenvalue weighted by Gasteiger charge is 2.18. The summed E-state index contributed by atoms with van der Waals surface area (Å²) >= 11 is 1.73. The van der Waals surface area contributed by atoms with Crippen LogP contribution in [0.2, 0.25) is 0 Å². The fraction of sp³-hybridized carbons (Fsp3) is 0.421. The molecular weight excluding hydrogens is 304 g/mol. The first-order valence-corrected chi connectivity index (χ1v) is 9.16. The van der Waals surface area contributed by atoms with Crippen LogP contribution in [0, 0.1) is 6.92 Å². The van der Waals surface area contributed by atoms with Gasteiger partial charge in [0, 0.05) is 11.4 Å². The highest BCUT2D eigenvalue weighted by atomic mass is 32.1. The van der Waals surface area contributed by atoms with Gasteiger partial charge in [-0.3, -0.25) is 4.79 Å². The fourth-order valence-corrected chi connectivity index (χ4v) is 3.29. The van der Waals surface area contributed by atoms with Gasteiger partial charge in [-0.25, -0.2) is 0 Å². The lowest BCUT2D eigenvalue weighted by Gasteiger charge is -2.23. The van der Waals surface area contributed by atoms with Crippen LogP contribution in [-0.4, -0.2) is 23.4 Å². The van der Waals surface area contributed by atoms with E-state index in [2.05, 4.69) is 49.7 Å². The number of carbonyl (C=O) groups excluding carboxylic acids is 1. The maximum atomic E-state index is 12.7. The molecule has 0 spiro atoms. The molecule has 0 saturated heterocycles. The lowest BCUT2D eigenvalue weighted by Crippen LogP contribution is -2.91. The molecule has 2 N–H and O–H groups in total. The maximum absolute atomic E-state index is 12.7. The van der Waals surface area contributed by atoms with Crippen molar-refractivity contribution in [1.82, 2.24) is 4.90 Å². The van der Waals surface area contributed by atoms with Gasteiger partial charge in [-0.1, -0.05) is 37.3 Å². The fourth-order valence-electron chi connectivity index (χ4n) is 2.37. The van der Waals surface area contributed by atoms with Crippen LogP contribution in [0.3, 0.4) is 0 Å². The van der Waals surface area contributed by atoms with Crippen molar-refractivity contribution >= 4 is 17.2 Å². The normalized spacial score (nSPS) is 12.1. The molecule has 0 fully saturated rings. The van der Waals surface area contributed by atoms with E-state index in [0.717, 1.165) is 6.42 Å². The molecule has 23 heavy (non-hydrogen) atoms. The molecule has 0 bridgehead atoms. The van der Waals surface area contributed by atoms with E-state index in [1.807, 2.05) is 23.1 Å². The molecule has 0 radical (unpaired) electrons. The van der Waals surface area contributed by atoms with E-state index in [-0.39, 0.29) is 5.91 Å². The highest BCUT2D eigenvalue weighted by molar-refractivity contribution is 7.10. The zero-order chi connectivity index (χ0) is 16.7. The molecular formula is C19H27N2OS+. The topological polar surface area (TPSA) is 36.9 Å². The van der Waals surface area contributed by atoms with Crippen molar-refractivity contribution in [3.8, 4) is 0 Å². The second-order valence-corrected chi connectivity index (χ2v) is 7.09. The van der Waals surface area contributed by atoms with Crippen molar-refractivity contribution in [1.29, 1.82) is 0 Å². The molecule has 0 aliphatic carbocycles. The number of nitrogens with zero attached hydrogens (tertiary/aromatic N) is 1. The Morgan fingerprint density at radius 3 is 2.57 bits per heavy atom. The Morgan fingerprint density at radius 2 is 1.96 bits per heavy atom. The number of hydrogen-bond acceptors (Lipinski definition) is 2. The number of thiophene rings is 1. The van der Waals surface area contributed by atoms with Crippen molar-refractivity contribution in [2.45, 2.75) is 46.3 Å². The summed E-state index contributed by atoms with van der Waals surface area (Å²) in [6.45, 7) is 8.33. The van der Waals surface area contributed by atoms with E-state index in [1.165, 1.54) is 16.0 Å². The van der Waals surface area contributed by atoms with E-state index < -0.39 is 0 Å². The summed E-state index contributed by atoms with van der Waals surface area (Å²) in [5.41, 5.74) is 2.45. The molecule has 4 heteroatoms. The van der Waals surface area contributed by atoms with E-state index in [9.17, 15) is 4.79 Å².